The Hall–Kier alpha value is -3.91. The lowest BCUT2D eigenvalue weighted by Gasteiger charge is -2.19. The maximum Gasteiger partial charge on any atom is 0.161 e. The van der Waals surface area contributed by atoms with Crippen LogP contribution in [0.3, 0.4) is 0 Å². The van der Waals surface area contributed by atoms with Crippen molar-refractivity contribution in [1.82, 2.24) is 15.0 Å². The van der Waals surface area contributed by atoms with Crippen LogP contribution in [0, 0.1) is 0 Å². The van der Waals surface area contributed by atoms with Gasteiger partial charge in [0, 0.05) is 32.8 Å². The van der Waals surface area contributed by atoms with E-state index in [9.17, 15) is 4.79 Å². The molecule has 0 amide bonds. The maximum atomic E-state index is 10.6. The van der Waals surface area contributed by atoms with Crippen LogP contribution in [0.25, 0.3) is 22.3 Å². The standard InChI is InChI=1S/C25H26N4O3.CH4O/c1-29(15-18-8-11-22(31-2)23(13-18)32-3)25-20-14-21(28-24(20)26-16-27-25)19-9-6-17(7-10-19)5-4-12-30;1-2/h6-14,16H,4-5,15H2,1-3H3,(H,26,27,28);2H,1H3. The topological polar surface area (TPSA) is 101 Å². The predicted octanol–water partition coefficient (Wildman–Crippen LogP) is 4.02. The van der Waals surface area contributed by atoms with Gasteiger partial charge in [0.15, 0.2) is 11.5 Å². The molecule has 2 heterocycles. The number of aliphatic hydroxyl groups is 1. The van der Waals surface area contributed by atoms with Gasteiger partial charge in [0.25, 0.3) is 0 Å². The molecule has 0 aliphatic heterocycles. The van der Waals surface area contributed by atoms with Crippen LogP contribution >= 0.6 is 0 Å². The average Bonchev–Trinajstić information content (AvgIpc) is 3.33. The van der Waals surface area contributed by atoms with Gasteiger partial charge in [0.05, 0.1) is 19.6 Å². The molecular weight excluding hydrogens is 432 g/mol. The first-order chi connectivity index (χ1) is 16.6. The SMILES string of the molecule is CO.COc1ccc(CN(C)c2ncnc3[nH]c(-c4ccc(CCC=O)cc4)cc23)cc1OC. The number of fused-ring (bicyclic) bond motifs is 1. The maximum absolute atomic E-state index is 10.6. The van der Waals surface area contributed by atoms with Crippen LogP contribution in [0.4, 0.5) is 5.82 Å². The molecule has 8 heteroatoms. The number of methoxy groups -OCH3 is 2. The van der Waals surface area contributed by atoms with E-state index in [1.807, 2.05) is 25.2 Å². The van der Waals surface area contributed by atoms with Crippen molar-refractivity contribution >= 4 is 23.1 Å². The fourth-order valence-corrected chi connectivity index (χ4v) is 3.79. The second-order valence-corrected chi connectivity index (χ2v) is 7.59. The molecule has 178 valence electrons. The number of carbonyl (C=O) groups excluding carboxylic acids is 1. The van der Waals surface area contributed by atoms with Gasteiger partial charge in [-0.2, -0.15) is 0 Å². The number of aromatic nitrogens is 3. The number of nitrogens with zero attached hydrogens (tertiary/aromatic N) is 3. The highest BCUT2D eigenvalue weighted by Gasteiger charge is 2.14. The summed E-state index contributed by atoms with van der Waals surface area (Å²) in [6.45, 7) is 0.651. The third-order valence-corrected chi connectivity index (χ3v) is 5.45. The third kappa shape index (κ3) is 5.52. The van der Waals surface area contributed by atoms with Crippen molar-refractivity contribution in [3.8, 4) is 22.8 Å². The zero-order valence-corrected chi connectivity index (χ0v) is 19.9. The molecule has 2 aromatic heterocycles. The second-order valence-electron chi connectivity index (χ2n) is 7.59. The van der Waals surface area contributed by atoms with Crippen molar-refractivity contribution in [2.24, 2.45) is 0 Å². The molecule has 0 saturated heterocycles. The van der Waals surface area contributed by atoms with Crippen LogP contribution in [-0.4, -0.2) is 54.7 Å². The Bertz CT molecular complexity index is 1220. The number of aldehydes is 1. The highest BCUT2D eigenvalue weighted by molar-refractivity contribution is 5.91. The Labute approximate surface area is 199 Å². The summed E-state index contributed by atoms with van der Waals surface area (Å²) in [5.41, 5.74) is 5.05. The van der Waals surface area contributed by atoms with E-state index >= 15 is 0 Å². The Morgan fingerprint density at radius 2 is 1.68 bits per heavy atom. The molecule has 0 aliphatic carbocycles. The van der Waals surface area contributed by atoms with Crippen LogP contribution in [0.5, 0.6) is 11.5 Å². The Morgan fingerprint density at radius 3 is 2.35 bits per heavy atom. The molecule has 0 aliphatic rings. The van der Waals surface area contributed by atoms with Gasteiger partial charge in [0.2, 0.25) is 0 Å². The van der Waals surface area contributed by atoms with Crippen molar-refractivity contribution < 1.29 is 19.4 Å². The van der Waals surface area contributed by atoms with Gasteiger partial charge >= 0.3 is 0 Å². The molecule has 34 heavy (non-hydrogen) atoms. The molecule has 0 saturated carbocycles. The number of nitrogens with one attached hydrogen (secondary N) is 1. The number of rotatable bonds is 9. The number of ether oxygens (including phenoxy) is 2. The van der Waals surface area contributed by atoms with E-state index in [2.05, 4.69) is 50.2 Å². The summed E-state index contributed by atoms with van der Waals surface area (Å²) in [7, 11) is 6.27. The summed E-state index contributed by atoms with van der Waals surface area (Å²) in [5.74, 6) is 2.25. The molecule has 2 N–H and O–H groups in total. The van der Waals surface area contributed by atoms with Crippen molar-refractivity contribution in [1.29, 1.82) is 0 Å². The van der Waals surface area contributed by atoms with Crippen LogP contribution in [-0.2, 0) is 17.8 Å². The number of benzene rings is 2. The normalized spacial score (nSPS) is 10.4. The lowest BCUT2D eigenvalue weighted by Crippen LogP contribution is -2.18. The molecule has 0 bridgehead atoms. The summed E-state index contributed by atoms with van der Waals surface area (Å²) in [4.78, 5) is 25.0. The fraction of sp³-hybridized carbons (Fsp3) is 0.269. The van der Waals surface area contributed by atoms with Gasteiger partial charge in [0.1, 0.15) is 24.1 Å². The van der Waals surface area contributed by atoms with Crippen LogP contribution in [0.2, 0.25) is 0 Å². The Morgan fingerprint density at radius 1 is 0.971 bits per heavy atom. The van der Waals surface area contributed by atoms with Gasteiger partial charge in [-0.25, -0.2) is 9.97 Å². The van der Waals surface area contributed by atoms with E-state index in [1.165, 1.54) is 0 Å². The average molecular weight is 463 g/mol. The Balaban J connectivity index is 0.00000158. The lowest BCUT2D eigenvalue weighted by molar-refractivity contribution is -0.107. The molecule has 4 aromatic rings. The van der Waals surface area contributed by atoms with Crippen molar-refractivity contribution in [3.05, 3.63) is 66.0 Å². The number of aliphatic hydroxyl groups excluding tert-OH is 1. The van der Waals surface area contributed by atoms with E-state index in [0.29, 0.717) is 24.5 Å². The van der Waals surface area contributed by atoms with E-state index < -0.39 is 0 Å². The summed E-state index contributed by atoms with van der Waals surface area (Å²) in [6.07, 6.45) is 3.82. The number of hydrogen-bond donors (Lipinski definition) is 2. The largest absolute Gasteiger partial charge is 0.493 e. The minimum atomic E-state index is 0.539. The van der Waals surface area contributed by atoms with Gasteiger partial charge < -0.3 is 29.3 Å². The summed E-state index contributed by atoms with van der Waals surface area (Å²) in [5, 5.41) is 7.95. The van der Waals surface area contributed by atoms with Crippen LogP contribution in [0.1, 0.15) is 17.5 Å². The molecule has 0 radical (unpaired) electrons. The fourth-order valence-electron chi connectivity index (χ4n) is 3.79. The molecule has 0 unspecified atom stereocenters. The van der Waals surface area contributed by atoms with E-state index in [1.54, 1.807) is 20.5 Å². The van der Waals surface area contributed by atoms with Gasteiger partial charge in [-0.05, 0) is 41.3 Å². The van der Waals surface area contributed by atoms with E-state index in [4.69, 9.17) is 14.6 Å². The lowest BCUT2D eigenvalue weighted by atomic mass is 10.1. The number of carbonyl (C=O) groups is 1. The first kappa shape index (κ1) is 24.7. The first-order valence-corrected chi connectivity index (χ1v) is 10.9. The second kappa shape index (κ2) is 11.8. The van der Waals surface area contributed by atoms with E-state index in [-0.39, 0.29) is 0 Å². The highest BCUT2D eigenvalue weighted by atomic mass is 16.5. The Kier molecular flexibility index (Phi) is 8.59. The number of aryl methyl sites for hydroxylation is 1. The number of aromatic amines is 1. The summed E-state index contributed by atoms with van der Waals surface area (Å²) < 4.78 is 10.8. The zero-order chi connectivity index (χ0) is 24.5. The van der Waals surface area contributed by atoms with Crippen LogP contribution in [0.15, 0.2) is 54.9 Å². The van der Waals surface area contributed by atoms with E-state index in [0.717, 1.165) is 59.1 Å². The van der Waals surface area contributed by atoms with Crippen LogP contribution < -0.4 is 14.4 Å². The molecule has 0 fully saturated rings. The summed E-state index contributed by atoms with van der Waals surface area (Å²) >= 11 is 0. The van der Waals surface area contributed by atoms with Gasteiger partial charge in [-0.3, -0.25) is 0 Å². The number of anilines is 1. The third-order valence-electron chi connectivity index (χ3n) is 5.45. The molecule has 0 spiro atoms. The quantitative estimate of drug-likeness (QED) is 0.362. The molecule has 2 aromatic carbocycles. The molecule has 0 atom stereocenters. The minimum Gasteiger partial charge on any atom is -0.493 e. The molecular formula is C26H30N4O4. The van der Waals surface area contributed by atoms with Gasteiger partial charge in [-0.1, -0.05) is 30.3 Å². The minimum absolute atomic E-state index is 0.539. The zero-order valence-electron chi connectivity index (χ0n) is 19.9. The number of H-pyrrole nitrogens is 1. The van der Waals surface area contributed by atoms with Crippen molar-refractivity contribution in [3.63, 3.8) is 0 Å². The molecule has 4 rings (SSSR count). The summed E-state index contributed by atoms with van der Waals surface area (Å²) in [6, 6.07) is 16.2. The predicted molar refractivity (Wildman–Crippen MR) is 134 cm³/mol. The first-order valence-electron chi connectivity index (χ1n) is 10.9. The molecule has 8 nitrogen and oxygen atoms in total. The smallest absolute Gasteiger partial charge is 0.161 e. The van der Waals surface area contributed by atoms with Crippen molar-refractivity contribution in [2.75, 3.05) is 33.3 Å². The van der Waals surface area contributed by atoms with Crippen molar-refractivity contribution in [2.45, 2.75) is 19.4 Å². The van der Waals surface area contributed by atoms with Gasteiger partial charge in [-0.15, -0.1) is 0 Å². The monoisotopic (exact) mass is 462 g/mol. The number of hydrogen-bond acceptors (Lipinski definition) is 7. The highest BCUT2D eigenvalue weighted by Crippen LogP contribution is 2.31.